The van der Waals surface area contributed by atoms with Gasteiger partial charge in [-0.3, -0.25) is 0 Å². The van der Waals surface area contributed by atoms with E-state index in [1.807, 2.05) is 0 Å². The number of benzene rings is 1. The van der Waals surface area contributed by atoms with Crippen LogP contribution in [0.2, 0.25) is 0 Å². The lowest BCUT2D eigenvalue weighted by molar-refractivity contribution is -0.103. The van der Waals surface area contributed by atoms with Crippen molar-refractivity contribution in [2.75, 3.05) is 6.54 Å². The lowest BCUT2D eigenvalue weighted by atomic mass is 9.55. The predicted molar refractivity (Wildman–Crippen MR) is 87.8 cm³/mol. The van der Waals surface area contributed by atoms with Crippen molar-refractivity contribution in [2.24, 2.45) is 5.41 Å². The molecule has 0 amide bonds. The van der Waals surface area contributed by atoms with Crippen LogP contribution in [0.3, 0.4) is 0 Å². The van der Waals surface area contributed by atoms with Crippen molar-refractivity contribution in [3.8, 4) is 5.75 Å². The molecule has 1 aromatic carbocycles. The summed E-state index contributed by atoms with van der Waals surface area (Å²) in [7, 11) is 0. The maximum absolute atomic E-state index is 6.44. The van der Waals surface area contributed by atoms with Crippen LogP contribution >= 0.6 is 0 Å². The molecular formula is C19H29NO. The molecule has 0 aromatic heterocycles. The van der Waals surface area contributed by atoms with Crippen LogP contribution in [0.15, 0.2) is 24.3 Å². The molecule has 1 spiro atoms. The van der Waals surface area contributed by atoms with Crippen LogP contribution in [-0.4, -0.2) is 18.7 Å². The molecule has 2 aliphatic rings. The molecule has 2 fully saturated rings. The van der Waals surface area contributed by atoms with E-state index in [-0.39, 0.29) is 0 Å². The Kier molecular flexibility index (Phi) is 4.54. The summed E-state index contributed by atoms with van der Waals surface area (Å²) in [6.45, 7) is 5.54. The van der Waals surface area contributed by atoms with Crippen molar-refractivity contribution >= 4 is 0 Å². The normalized spacial score (nSPS) is 27.3. The molecule has 2 atom stereocenters. The largest absolute Gasteiger partial charge is 0.489 e. The molecule has 0 saturated heterocycles. The van der Waals surface area contributed by atoms with Gasteiger partial charge in [0.15, 0.2) is 0 Å². The summed E-state index contributed by atoms with van der Waals surface area (Å²) in [4.78, 5) is 0. The Labute approximate surface area is 129 Å². The molecular weight excluding hydrogens is 258 g/mol. The van der Waals surface area contributed by atoms with Crippen LogP contribution < -0.4 is 10.1 Å². The van der Waals surface area contributed by atoms with Gasteiger partial charge in [0.25, 0.3) is 0 Å². The molecule has 116 valence electrons. The molecule has 0 heterocycles. The van der Waals surface area contributed by atoms with Crippen LogP contribution in [0.5, 0.6) is 5.75 Å². The smallest absolute Gasteiger partial charge is 0.122 e. The second-order valence-corrected chi connectivity index (χ2v) is 6.91. The van der Waals surface area contributed by atoms with E-state index in [0.717, 1.165) is 12.3 Å². The molecule has 2 aliphatic carbocycles. The molecule has 2 saturated carbocycles. The zero-order chi connectivity index (χ0) is 14.7. The van der Waals surface area contributed by atoms with Gasteiger partial charge < -0.3 is 10.1 Å². The molecule has 2 heteroatoms. The fourth-order valence-corrected chi connectivity index (χ4v) is 4.24. The zero-order valence-electron chi connectivity index (χ0n) is 13.5. The summed E-state index contributed by atoms with van der Waals surface area (Å²) >= 11 is 0. The van der Waals surface area contributed by atoms with E-state index in [1.165, 1.54) is 50.5 Å². The summed E-state index contributed by atoms with van der Waals surface area (Å²) in [5.74, 6) is 1.08. The van der Waals surface area contributed by atoms with Gasteiger partial charge in [-0.05, 0) is 44.4 Å². The highest BCUT2D eigenvalue weighted by Gasteiger charge is 2.56. The van der Waals surface area contributed by atoms with Crippen LogP contribution in [0.4, 0.5) is 0 Å². The van der Waals surface area contributed by atoms with Crippen molar-refractivity contribution in [1.82, 2.24) is 5.32 Å². The Morgan fingerprint density at radius 1 is 1.19 bits per heavy atom. The van der Waals surface area contributed by atoms with E-state index in [2.05, 4.69) is 43.4 Å². The molecule has 2 unspecified atom stereocenters. The van der Waals surface area contributed by atoms with E-state index in [4.69, 9.17) is 4.74 Å². The number of ether oxygens (including phenoxy) is 1. The lowest BCUT2D eigenvalue weighted by Crippen LogP contribution is -2.65. The fourth-order valence-electron chi connectivity index (χ4n) is 4.24. The van der Waals surface area contributed by atoms with Crippen molar-refractivity contribution in [3.05, 3.63) is 29.8 Å². The van der Waals surface area contributed by atoms with E-state index < -0.39 is 0 Å². The summed E-state index contributed by atoms with van der Waals surface area (Å²) in [6.07, 6.45) is 9.63. The molecule has 0 radical (unpaired) electrons. The van der Waals surface area contributed by atoms with Crippen LogP contribution in [0, 0.1) is 12.3 Å². The summed E-state index contributed by atoms with van der Waals surface area (Å²) in [5, 5.41) is 3.78. The van der Waals surface area contributed by atoms with Crippen molar-refractivity contribution < 1.29 is 4.74 Å². The van der Waals surface area contributed by atoms with Crippen LogP contribution in [-0.2, 0) is 0 Å². The number of hydrogen-bond donors (Lipinski definition) is 1. The summed E-state index contributed by atoms with van der Waals surface area (Å²) < 4.78 is 6.44. The molecule has 3 rings (SSSR count). The molecule has 1 N–H and O–H groups in total. The van der Waals surface area contributed by atoms with Gasteiger partial charge in [-0.15, -0.1) is 0 Å². The van der Waals surface area contributed by atoms with Gasteiger partial charge in [0, 0.05) is 17.9 Å². The van der Waals surface area contributed by atoms with Crippen LogP contribution in [0.25, 0.3) is 0 Å². The average molecular weight is 287 g/mol. The van der Waals surface area contributed by atoms with Gasteiger partial charge in [0.1, 0.15) is 11.9 Å². The Morgan fingerprint density at radius 2 is 1.95 bits per heavy atom. The maximum atomic E-state index is 6.44. The first kappa shape index (κ1) is 14.9. The molecule has 2 nitrogen and oxygen atoms in total. The number of rotatable bonds is 5. The van der Waals surface area contributed by atoms with Crippen molar-refractivity contribution in [1.29, 1.82) is 0 Å². The third-order valence-electron chi connectivity index (χ3n) is 5.57. The SMILES string of the molecule is CCCNC1CC(Oc2ccccc2C)C12CCCCC2. The number of aryl methyl sites for hydroxylation is 1. The third-order valence-corrected chi connectivity index (χ3v) is 5.57. The highest BCUT2D eigenvalue weighted by Crippen LogP contribution is 2.53. The second-order valence-electron chi connectivity index (χ2n) is 6.91. The highest BCUT2D eigenvalue weighted by atomic mass is 16.5. The molecule has 0 bridgehead atoms. The summed E-state index contributed by atoms with van der Waals surface area (Å²) in [5.41, 5.74) is 1.66. The monoisotopic (exact) mass is 287 g/mol. The fraction of sp³-hybridized carbons (Fsp3) is 0.684. The third kappa shape index (κ3) is 2.83. The Balaban J connectivity index is 1.72. The highest BCUT2D eigenvalue weighted by molar-refractivity contribution is 5.32. The summed E-state index contributed by atoms with van der Waals surface area (Å²) in [6, 6.07) is 9.12. The Bertz CT molecular complexity index is 464. The standard InChI is InChI=1S/C19H29NO/c1-3-13-20-17-14-18(19(17)11-7-4-8-12-19)21-16-10-6-5-9-15(16)2/h5-6,9-10,17-18,20H,3-4,7-8,11-14H2,1-2H3. The molecule has 21 heavy (non-hydrogen) atoms. The first-order chi connectivity index (χ1) is 10.3. The van der Waals surface area contributed by atoms with Gasteiger partial charge in [0.05, 0.1) is 0 Å². The van der Waals surface area contributed by atoms with Crippen molar-refractivity contribution in [2.45, 2.75) is 70.9 Å². The molecule has 0 aliphatic heterocycles. The van der Waals surface area contributed by atoms with E-state index in [1.54, 1.807) is 0 Å². The molecule has 1 aromatic rings. The van der Waals surface area contributed by atoms with Gasteiger partial charge in [-0.2, -0.15) is 0 Å². The second kappa shape index (κ2) is 6.39. The average Bonchev–Trinajstić information content (AvgIpc) is 2.52. The number of para-hydroxylation sites is 1. The van der Waals surface area contributed by atoms with Crippen LogP contribution in [0.1, 0.15) is 57.4 Å². The first-order valence-corrected chi connectivity index (χ1v) is 8.72. The Hall–Kier alpha value is -1.02. The minimum absolute atomic E-state index is 0.399. The minimum atomic E-state index is 0.399. The lowest BCUT2D eigenvalue weighted by Gasteiger charge is -2.57. The number of hydrogen-bond acceptors (Lipinski definition) is 2. The Morgan fingerprint density at radius 3 is 2.67 bits per heavy atom. The van der Waals surface area contributed by atoms with Gasteiger partial charge in [-0.25, -0.2) is 0 Å². The first-order valence-electron chi connectivity index (χ1n) is 8.72. The van der Waals surface area contributed by atoms with Gasteiger partial charge in [0.2, 0.25) is 0 Å². The van der Waals surface area contributed by atoms with E-state index in [9.17, 15) is 0 Å². The van der Waals surface area contributed by atoms with Gasteiger partial charge in [-0.1, -0.05) is 44.4 Å². The topological polar surface area (TPSA) is 21.3 Å². The quantitative estimate of drug-likeness (QED) is 0.863. The maximum Gasteiger partial charge on any atom is 0.122 e. The number of nitrogens with one attached hydrogen (secondary N) is 1. The zero-order valence-corrected chi connectivity index (χ0v) is 13.5. The van der Waals surface area contributed by atoms with Crippen molar-refractivity contribution in [3.63, 3.8) is 0 Å². The van der Waals surface area contributed by atoms with Gasteiger partial charge >= 0.3 is 0 Å². The predicted octanol–water partition coefficient (Wildman–Crippen LogP) is 4.46. The minimum Gasteiger partial charge on any atom is -0.489 e. The van der Waals surface area contributed by atoms with E-state index >= 15 is 0 Å². The van der Waals surface area contributed by atoms with E-state index in [0.29, 0.717) is 17.6 Å².